The van der Waals surface area contributed by atoms with Crippen LogP contribution in [0.3, 0.4) is 0 Å². The van der Waals surface area contributed by atoms with Crippen molar-refractivity contribution in [2.24, 2.45) is 5.41 Å². The molecule has 1 aromatic rings. The first kappa shape index (κ1) is 24.6. The van der Waals surface area contributed by atoms with E-state index in [2.05, 4.69) is 17.1 Å². The summed E-state index contributed by atoms with van der Waals surface area (Å²) < 4.78 is 0. The van der Waals surface area contributed by atoms with E-state index in [0.717, 1.165) is 44.3 Å². The van der Waals surface area contributed by atoms with Gasteiger partial charge < -0.3 is 25.1 Å². The average Bonchev–Trinajstić information content (AvgIpc) is 3.60. The lowest BCUT2D eigenvalue weighted by Crippen LogP contribution is -2.47. The number of halogens is 2. The molecule has 4 rings (SSSR count). The molecule has 3 fully saturated rings. The van der Waals surface area contributed by atoms with Gasteiger partial charge in [0, 0.05) is 51.7 Å². The molecule has 9 heteroatoms. The molecule has 7 nitrogen and oxygen atoms in total. The van der Waals surface area contributed by atoms with Crippen molar-refractivity contribution in [1.29, 1.82) is 0 Å². The molecule has 0 aromatic heterocycles. The fourth-order valence-corrected chi connectivity index (χ4v) is 5.20. The highest BCUT2D eigenvalue weighted by Gasteiger charge is 2.51. The van der Waals surface area contributed by atoms with Gasteiger partial charge in [0.2, 0.25) is 5.91 Å². The van der Waals surface area contributed by atoms with Crippen LogP contribution in [0, 0.1) is 12.3 Å². The maximum atomic E-state index is 12.7. The van der Waals surface area contributed by atoms with Gasteiger partial charge in [0.05, 0.1) is 16.1 Å². The van der Waals surface area contributed by atoms with Gasteiger partial charge in [-0.25, -0.2) is 4.79 Å². The molecule has 2 atom stereocenters. The van der Waals surface area contributed by atoms with Crippen LogP contribution in [0.5, 0.6) is 0 Å². The van der Waals surface area contributed by atoms with E-state index in [1.807, 2.05) is 6.07 Å². The molecule has 2 N–H and O–H groups in total. The minimum Gasteiger partial charge on any atom is -0.391 e. The molecule has 3 aliphatic rings. The third-order valence-corrected chi connectivity index (χ3v) is 8.16. The van der Waals surface area contributed by atoms with Crippen molar-refractivity contribution in [3.8, 4) is 0 Å². The van der Waals surface area contributed by atoms with E-state index in [0.29, 0.717) is 42.8 Å². The fraction of sp³-hybridized carbons (Fsp3) is 0.625. The van der Waals surface area contributed by atoms with Gasteiger partial charge in [-0.15, -0.1) is 0 Å². The zero-order chi connectivity index (χ0) is 23.6. The van der Waals surface area contributed by atoms with Crippen LogP contribution in [-0.2, 0) is 11.3 Å². The summed E-state index contributed by atoms with van der Waals surface area (Å²) in [5.74, 6) is 0.0328. The lowest BCUT2D eigenvalue weighted by Gasteiger charge is -2.37. The Balaban J connectivity index is 1.22. The summed E-state index contributed by atoms with van der Waals surface area (Å²) in [5.41, 5.74) is 1.06. The van der Waals surface area contributed by atoms with Gasteiger partial charge in [0.25, 0.3) is 0 Å². The summed E-state index contributed by atoms with van der Waals surface area (Å²) in [7, 11) is 0. The van der Waals surface area contributed by atoms with E-state index < -0.39 is 0 Å². The molecular formula is C24H33Cl2N4O3. The number of amides is 3. The van der Waals surface area contributed by atoms with Crippen molar-refractivity contribution in [2.75, 3.05) is 39.3 Å². The Morgan fingerprint density at radius 3 is 2.67 bits per heavy atom. The highest BCUT2D eigenvalue weighted by molar-refractivity contribution is 6.42. The van der Waals surface area contributed by atoms with Gasteiger partial charge >= 0.3 is 6.03 Å². The molecule has 181 valence electrons. The molecule has 1 radical (unpaired) electrons. The summed E-state index contributed by atoms with van der Waals surface area (Å²) >= 11 is 12.0. The summed E-state index contributed by atoms with van der Waals surface area (Å²) in [5, 5.41) is 14.2. The predicted octanol–water partition coefficient (Wildman–Crippen LogP) is 3.18. The quantitative estimate of drug-likeness (QED) is 0.635. The number of hydrogen-bond acceptors (Lipinski definition) is 4. The van der Waals surface area contributed by atoms with Gasteiger partial charge in [-0.2, -0.15) is 0 Å². The van der Waals surface area contributed by atoms with Gasteiger partial charge in [0.1, 0.15) is 0 Å². The summed E-state index contributed by atoms with van der Waals surface area (Å²) in [6.45, 7) is 8.43. The Kier molecular flexibility index (Phi) is 7.73. The lowest BCUT2D eigenvalue weighted by molar-refractivity contribution is -0.132. The molecule has 33 heavy (non-hydrogen) atoms. The van der Waals surface area contributed by atoms with E-state index in [4.69, 9.17) is 23.2 Å². The number of carbonyl (C=O) groups is 2. The molecule has 1 spiro atoms. The van der Waals surface area contributed by atoms with Gasteiger partial charge in [-0.3, -0.25) is 4.79 Å². The Bertz CT molecular complexity index is 879. The number of carbonyl (C=O) groups excluding carboxylic acids is 2. The van der Waals surface area contributed by atoms with E-state index in [1.165, 1.54) is 0 Å². The Labute approximate surface area is 206 Å². The van der Waals surface area contributed by atoms with Gasteiger partial charge in [-0.05, 0) is 62.3 Å². The number of nitrogens with zero attached hydrogens (tertiary/aromatic N) is 3. The van der Waals surface area contributed by atoms with E-state index in [9.17, 15) is 14.7 Å². The highest BCUT2D eigenvalue weighted by atomic mass is 35.5. The normalized spacial score (nSPS) is 24.0. The van der Waals surface area contributed by atoms with Crippen LogP contribution in [0.2, 0.25) is 10.0 Å². The number of nitrogens with one attached hydrogen (secondary N) is 1. The summed E-state index contributed by atoms with van der Waals surface area (Å²) in [4.78, 5) is 31.1. The lowest BCUT2D eigenvalue weighted by atomic mass is 9.90. The van der Waals surface area contributed by atoms with Crippen molar-refractivity contribution in [3.05, 3.63) is 40.7 Å². The number of rotatable bonds is 6. The zero-order valence-corrected chi connectivity index (χ0v) is 20.5. The molecule has 0 bridgehead atoms. The van der Waals surface area contributed by atoms with Crippen molar-refractivity contribution in [1.82, 2.24) is 20.0 Å². The third kappa shape index (κ3) is 5.94. The predicted molar refractivity (Wildman–Crippen MR) is 129 cm³/mol. The van der Waals surface area contributed by atoms with Crippen LogP contribution in [0.25, 0.3) is 0 Å². The number of urea groups is 1. The van der Waals surface area contributed by atoms with E-state index in [1.54, 1.807) is 21.9 Å². The van der Waals surface area contributed by atoms with Gasteiger partial charge in [0.15, 0.2) is 0 Å². The molecule has 2 aliphatic heterocycles. The van der Waals surface area contributed by atoms with Crippen LogP contribution in [0.15, 0.2) is 18.2 Å². The maximum absolute atomic E-state index is 12.7. The largest absolute Gasteiger partial charge is 0.391 e. The van der Waals surface area contributed by atoms with Crippen molar-refractivity contribution < 1.29 is 14.7 Å². The van der Waals surface area contributed by atoms with Crippen LogP contribution in [-0.4, -0.2) is 83.2 Å². The standard InChI is InChI=1S/C24H33Cl2N4O3/c1-17(4-9-28-11-8-24(6-7-24)21(31)16-28)30-13-12-29(10-5-22(30)32)23(33)27-15-18-2-3-19(25)20(26)14-18/h2-3,14,17,21,31H,1,4-13,15-16H2,(H,27,33)/t17-,21+/m0/s1. The second-order valence-corrected chi connectivity index (χ2v) is 10.4. The van der Waals surface area contributed by atoms with E-state index in [-0.39, 0.29) is 35.9 Å². The number of piperidine rings is 1. The van der Waals surface area contributed by atoms with Crippen LogP contribution < -0.4 is 5.32 Å². The smallest absolute Gasteiger partial charge is 0.317 e. The Morgan fingerprint density at radius 1 is 1.18 bits per heavy atom. The molecular weight excluding hydrogens is 463 g/mol. The Morgan fingerprint density at radius 2 is 1.97 bits per heavy atom. The maximum Gasteiger partial charge on any atom is 0.317 e. The van der Waals surface area contributed by atoms with Crippen molar-refractivity contribution in [2.45, 2.75) is 50.8 Å². The minimum atomic E-state index is -0.231. The summed E-state index contributed by atoms with van der Waals surface area (Å²) in [6, 6.07) is 4.91. The SMILES string of the molecule is [CH2][C@@H](CCN1CCC2(CC2)[C@H](O)C1)N1CCN(C(=O)NCc2ccc(Cl)c(Cl)c2)CCC1=O. The second kappa shape index (κ2) is 10.4. The molecule has 3 amide bonds. The number of likely N-dealkylation sites (tertiary alicyclic amines) is 1. The van der Waals surface area contributed by atoms with Crippen LogP contribution >= 0.6 is 23.2 Å². The number of hydrogen-bond donors (Lipinski definition) is 2. The van der Waals surface area contributed by atoms with Crippen LogP contribution in [0.1, 0.15) is 37.7 Å². The van der Waals surface area contributed by atoms with Crippen LogP contribution in [0.4, 0.5) is 4.79 Å². The first-order valence-electron chi connectivity index (χ1n) is 11.8. The number of aliphatic hydroxyl groups is 1. The van der Waals surface area contributed by atoms with E-state index >= 15 is 0 Å². The molecule has 2 heterocycles. The molecule has 1 aromatic carbocycles. The molecule has 2 saturated heterocycles. The number of benzene rings is 1. The first-order valence-corrected chi connectivity index (χ1v) is 12.5. The monoisotopic (exact) mass is 495 g/mol. The molecule has 0 unspecified atom stereocenters. The number of β-amino-alcohol motifs (C(OH)–C–C–N with tert-alkyl or cyclic N) is 1. The number of aliphatic hydroxyl groups excluding tert-OH is 1. The zero-order valence-electron chi connectivity index (χ0n) is 18.9. The third-order valence-electron chi connectivity index (χ3n) is 7.42. The fourth-order valence-electron chi connectivity index (χ4n) is 4.88. The average molecular weight is 496 g/mol. The summed E-state index contributed by atoms with van der Waals surface area (Å²) in [6.07, 6.45) is 4.18. The minimum absolute atomic E-state index is 0.0328. The Hall–Kier alpha value is -1.54. The second-order valence-electron chi connectivity index (χ2n) is 9.60. The van der Waals surface area contributed by atoms with Crippen molar-refractivity contribution in [3.63, 3.8) is 0 Å². The topological polar surface area (TPSA) is 76.1 Å². The molecule has 1 saturated carbocycles. The first-order chi connectivity index (χ1) is 15.8. The molecule has 1 aliphatic carbocycles. The van der Waals surface area contributed by atoms with Crippen molar-refractivity contribution >= 4 is 35.1 Å². The highest BCUT2D eigenvalue weighted by Crippen LogP contribution is 2.53. The van der Waals surface area contributed by atoms with Gasteiger partial charge in [-0.1, -0.05) is 29.3 Å².